The van der Waals surface area contributed by atoms with E-state index in [-0.39, 0.29) is 6.04 Å². The number of hydrogen-bond acceptors (Lipinski definition) is 5. The average Bonchev–Trinajstić information content (AvgIpc) is 3.03. The molecule has 2 aromatic rings. The molecule has 0 spiro atoms. The number of aryl methyl sites for hydroxylation is 3. The van der Waals surface area contributed by atoms with Crippen molar-refractivity contribution in [3.63, 3.8) is 0 Å². The summed E-state index contributed by atoms with van der Waals surface area (Å²) in [6.07, 6.45) is 1.69. The fourth-order valence-corrected chi connectivity index (χ4v) is 3.32. The van der Waals surface area contributed by atoms with Gasteiger partial charge in [-0.15, -0.1) is 0 Å². The number of benzene rings is 1. The molecule has 0 saturated carbocycles. The zero-order valence-electron chi connectivity index (χ0n) is 14.6. The van der Waals surface area contributed by atoms with Gasteiger partial charge in [0.2, 0.25) is 5.88 Å². The fourth-order valence-electron chi connectivity index (χ4n) is 2.99. The molecule has 0 radical (unpaired) electrons. The highest BCUT2D eigenvalue weighted by atomic mass is 35.5. The molecule has 1 atom stereocenters. The van der Waals surface area contributed by atoms with Gasteiger partial charge in [-0.05, 0) is 56.5 Å². The Hall–Kier alpha value is -2.11. The van der Waals surface area contributed by atoms with Crippen LogP contribution in [-0.4, -0.2) is 30.5 Å². The summed E-state index contributed by atoms with van der Waals surface area (Å²) in [6.45, 7) is 7.06. The number of pyridine rings is 1. The topological polar surface area (TPSA) is 60.5 Å². The van der Waals surface area contributed by atoms with E-state index in [0.717, 1.165) is 41.8 Å². The molecule has 1 N–H and O–H groups in total. The van der Waals surface area contributed by atoms with Gasteiger partial charge < -0.3 is 14.8 Å². The molecule has 1 aliphatic heterocycles. The molecule has 3 rings (SSSR count). The number of halogens is 1. The monoisotopic (exact) mass is 360 g/mol. The van der Waals surface area contributed by atoms with Crippen LogP contribution in [-0.2, 0) is 4.74 Å². The maximum Gasteiger partial charge on any atom is 0.232 e. The Kier molecular flexibility index (Phi) is 5.25. The van der Waals surface area contributed by atoms with Gasteiger partial charge in [-0.1, -0.05) is 11.6 Å². The molecular weight excluding hydrogens is 340 g/mol. The minimum atomic E-state index is 0.187. The predicted octanol–water partition coefficient (Wildman–Crippen LogP) is 4.47. The summed E-state index contributed by atoms with van der Waals surface area (Å²) in [5, 5.41) is 4.02. The second-order valence-corrected chi connectivity index (χ2v) is 6.76. The number of ether oxygens (including phenoxy) is 2. The van der Waals surface area contributed by atoms with Crippen LogP contribution in [0.3, 0.4) is 0 Å². The highest BCUT2D eigenvalue weighted by Crippen LogP contribution is 2.34. The van der Waals surface area contributed by atoms with Crippen LogP contribution in [0, 0.1) is 20.8 Å². The first-order valence-corrected chi connectivity index (χ1v) is 8.61. The van der Waals surface area contributed by atoms with Crippen molar-refractivity contribution in [3.05, 3.63) is 45.6 Å². The Bertz CT molecular complexity index is 778. The molecule has 5 nitrogen and oxygen atoms in total. The summed E-state index contributed by atoms with van der Waals surface area (Å²) in [5.41, 5.74) is 3.68. The predicted molar refractivity (Wildman–Crippen MR) is 98.2 cm³/mol. The molecule has 0 amide bonds. The summed E-state index contributed by atoms with van der Waals surface area (Å²) in [7, 11) is 0. The average molecular weight is 361 g/mol. The van der Waals surface area contributed by atoms with E-state index < -0.39 is 0 Å². The smallest absolute Gasteiger partial charge is 0.232 e. The molecule has 1 unspecified atom stereocenters. The lowest BCUT2D eigenvalue weighted by atomic mass is 10.1. The van der Waals surface area contributed by atoms with Crippen LogP contribution in [0.15, 0.2) is 18.2 Å². The summed E-state index contributed by atoms with van der Waals surface area (Å²) in [4.78, 5) is 16.2. The van der Waals surface area contributed by atoms with Crippen molar-refractivity contribution in [2.24, 2.45) is 0 Å². The van der Waals surface area contributed by atoms with E-state index in [4.69, 9.17) is 21.1 Å². The molecule has 2 heterocycles. The Morgan fingerprint density at radius 1 is 1.28 bits per heavy atom. The molecule has 132 valence electrons. The SMILES string of the molecule is Cc1cc(NC2CCOC2)c(C=O)c(Oc2c(C)cc(Cl)cc2C)n1. The third kappa shape index (κ3) is 3.94. The van der Waals surface area contributed by atoms with Crippen molar-refractivity contribution in [2.75, 3.05) is 18.5 Å². The van der Waals surface area contributed by atoms with E-state index in [1.165, 1.54) is 0 Å². The number of hydrogen-bond donors (Lipinski definition) is 1. The molecule has 1 aromatic carbocycles. The molecule has 25 heavy (non-hydrogen) atoms. The first-order valence-electron chi connectivity index (χ1n) is 8.23. The van der Waals surface area contributed by atoms with Gasteiger partial charge >= 0.3 is 0 Å². The lowest BCUT2D eigenvalue weighted by Gasteiger charge is -2.18. The van der Waals surface area contributed by atoms with Gasteiger partial charge in [0.25, 0.3) is 0 Å². The standard InChI is InChI=1S/C19H21ClN2O3/c1-11-6-14(20)7-12(2)18(11)25-19-16(9-23)17(8-13(3)21-19)22-15-4-5-24-10-15/h6-9,15H,4-5,10H2,1-3H3,(H,21,22). The maximum absolute atomic E-state index is 11.7. The van der Waals surface area contributed by atoms with Gasteiger partial charge in [0, 0.05) is 17.3 Å². The van der Waals surface area contributed by atoms with E-state index in [0.29, 0.717) is 28.8 Å². The van der Waals surface area contributed by atoms with E-state index in [1.807, 2.05) is 39.0 Å². The maximum atomic E-state index is 11.7. The molecule has 1 aromatic heterocycles. The van der Waals surface area contributed by atoms with E-state index in [9.17, 15) is 4.79 Å². The third-order valence-electron chi connectivity index (χ3n) is 4.18. The van der Waals surface area contributed by atoms with Crippen LogP contribution >= 0.6 is 11.6 Å². The third-order valence-corrected chi connectivity index (χ3v) is 4.40. The van der Waals surface area contributed by atoms with Crippen LogP contribution in [0.4, 0.5) is 5.69 Å². The number of aldehydes is 1. The fraction of sp³-hybridized carbons (Fsp3) is 0.368. The number of aromatic nitrogens is 1. The van der Waals surface area contributed by atoms with Crippen molar-refractivity contribution < 1.29 is 14.3 Å². The van der Waals surface area contributed by atoms with E-state index in [2.05, 4.69) is 10.3 Å². The van der Waals surface area contributed by atoms with E-state index in [1.54, 1.807) is 0 Å². The lowest BCUT2D eigenvalue weighted by molar-refractivity contribution is 0.112. The molecule has 0 bridgehead atoms. The first-order chi connectivity index (χ1) is 12.0. The second kappa shape index (κ2) is 7.42. The molecular formula is C19H21ClN2O3. The van der Waals surface area contributed by atoms with Gasteiger partial charge in [0.1, 0.15) is 11.3 Å². The largest absolute Gasteiger partial charge is 0.438 e. The zero-order valence-corrected chi connectivity index (χ0v) is 15.3. The minimum Gasteiger partial charge on any atom is -0.438 e. The second-order valence-electron chi connectivity index (χ2n) is 6.32. The van der Waals surface area contributed by atoms with Crippen molar-refractivity contribution in [1.29, 1.82) is 0 Å². The highest BCUT2D eigenvalue weighted by molar-refractivity contribution is 6.30. The zero-order chi connectivity index (χ0) is 18.0. The molecule has 1 aliphatic rings. The van der Waals surface area contributed by atoms with E-state index >= 15 is 0 Å². The quantitative estimate of drug-likeness (QED) is 0.797. The Labute approximate surface area is 152 Å². The van der Waals surface area contributed by atoms with Crippen LogP contribution in [0.5, 0.6) is 11.6 Å². The number of carbonyl (C=O) groups excluding carboxylic acids is 1. The minimum absolute atomic E-state index is 0.187. The molecule has 6 heteroatoms. The van der Waals surface area contributed by atoms with Gasteiger partial charge in [-0.2, -0.15) is 0 Å². The van der Waals surface area contributed by atoms with Crippen molar-refractivity contribution >= 4 is 23.6 Å². The molecule has 0 aliphatic carbocycles. The Morgan fingerprint density at radius 2 is 2.00 bits per heavy atom. The van der Waals surface area contributed by atoms with Crippen molar-refractivity contribution in [2.45, 2.75) is 33.2 Å². The van der Waals surface area contributed by atoms with Crippen LogP contribution < -0.4 is 10.1 Å². The van der Waals surface area contributed by atoms with Crippen LogP contribution in [0.2, 0.25) is 5.02 Å². The summed E-state index contributed by atoms with van der Waals surface area (Å²) >= 11 is 6.08. The number of anilines is 1. The summed E-state index contributed by atoms with van der Waals surface area (Å²) in [6, 6.07) is 5.70. The normalized spacial score (nSPS) is 16.7. The number of nitrogens with one attached hydrogen (secondary N) is 1. The lowest BCUT2D eigenvalue weighted by Crippen LogP contribution is -2.20. The summed E-state index contributed by atoms with van der Waals surface area (Å²) < 4.78 is 11.4. The van der Waals surface area contributed by atoms with Gasteiger partial charge in [-0.25, -0.2) is 4.98 Å². The first kappa shape index (κ1) is 17.7. The van der Waals surface area contributed by atoms with Gasteiger partial charge in [0.05, 0.1) is 18.3 Å². The number of nitrogens with zero attached hydrogens (tertiary/aromatic N) is 1. The number of rotatable bonds is 5. The summed E-state index contributed by atoms with van der Waals surface area (Å²) in [5.74, 6) is 0.964. The van der Waals surface area contributed by atoms with Crippen molar-refractivity contribution in [1.82, 2.24) is 4.98 Å². The molecule has 1 saturated heterocycles. The Morgan fingerprint density at radius 3 is 2.60 bits per heavy atom. The van der Waals surface area contributed by atoms with Gasteiger partial charge in [0.15, 0.2) is 6.29 Å². The Balaban J connectivity index is 1.98. The van der Waals surface area contributed by atoms with Crippen LogP contribution in [0.1, 0.15) is 33.6 Å². The number of carbonyl (C=O) groups is 1. The molecule has 1 fully saturated rings. The van der Waals surface area contributed by atoms with Crippen LogP contribution in [0.25, 0.3) is 0 Å². The van der Waals surface area contributed by atoms with Crippen molar-refractivity contribution in [3.8, 4) is 11.6 Å². The highest BCUT2D eigenvalue weighted by Gasteiger charge is 2.20. The van der Waals surface area contributed by atoms with Gasteiger partial charge in [-0.3, -0.25) is 4.79 Å².